The van der Waals surface area contributed by atoms with E-state index in [2.05, 4.69) is 72.2 Å². The Hall–Kier alpha value is 0.772. The van der Waals surface area contributed by atoms with Crippen molar-refractivity contribution < 1.29 is 39.9 Å². The van der Waals surface area contributed by atoms with Gasteiger partial charge in [0.05, 0.1) is 0 Å². The first-order chi connectivity index (χ1) is 10.3. The van der Waals surface area contributed by atoms with E-state index in [9.17, 15) is 0 Å². The van der Waals surface area contributed by atoms with Crippen molar-refractivity contribution in [1.29, 1.82) is 0 Å². The Morgan fingerprint density at radius 2 is 1.16 bits per heavy atom. The Kier molecular flexibility index (Phi) is 19.7. The van der Waals surface area contributed by atoms with E-state index in [0.717, 1.165) is 0 Å². The first-order valence-corrected chi connectivity index (χ1v) is 11.2. The molecule has 1 aromatic carbocycles. The van der Waals surface area contributed by atoms with Crippen molar-refractivity contribution >= 4 is 13.4 Å². The summed E-state index contributed by atoms with van der Waals surface area (Å²) in [6, 6.07) is 0. The number of hydrogen-bond donors (Lipinski definition) is 0. The van der Waals surface area contributed by atoms with Crippen molar-refractivity contribution in [2.45, 2.75) is 67.1 Å². The third kappa shape index (κ3) is 12.0. The minimum absolute atomic E-state index is 0. The standard InChI is InChI=1S/C15H27NSi.2C2H6N.CH3.Th/c1-10-11(2)13(4)14(12(10)3)17(8,9)16-15(5,6)7;2*1-3-2;;/h1-9H3;2*1-2H3;1H3;/q-2;3*-1;+4. The molecular weight excluding hydrogens is 542 g/mol. The van der Waals surface area contributed by atoms with Crippen LogP contribution >= 0.6 is 0 Å². The normalized spacial score (nSPS) is 10.4. The zero-order chi connectivity index (χ0) is 19.0. The molecular formula is C20H42N3SiTh-. The van der Waals surface area contributed by atoms with Crippen molar-refractivity contribution in [3.05, 3.63) is 45.3 Å². The Bertz CT molecular complexity index is 433. The van der Waals surface area contributed by atoms with Gasteiger partial charge < -0.3 is 23.0 Å². The van der Waals surface area contributed by atoms with E-state index in [0.29, 0.717) is 0 Å². The average Bonchev–Trinajstić information content (AvgIpc) is 2.53. The van der Waals surface area contributed by atoms with Crippen molar-refractivity contribution in [1.82, 2.24) is 0 Å². The zero-order valence-electron chi connectivity index (χ0n) is 19.3. The van der Waals surface area contributed by atoms with Gasteiger partial charge in [0, 0.05) is 0 Å². The van der Waals surface area contributed by atoms with Crippen LogP contribution in [0.4, 0.5) is 0 Å². The van der Waals surface area contributed by atoms with Crippen molar-refractivity contribution in [3.8, 4) is 0 Å². The van der Waals surface area contributed by atoms with Crippen molar-refractivity contribution in [3.63, 3.8) is 0 Å². The van der Waals surface area contributed by atoms with Gasteiger partial charge >= 0.3 is 39.9 Å². The quantitative estimate of drug-likeness (QED) is 0.306. The molecule has 0 atom stereocenters. The number of hydrogen-bond acceptors (Lipinski definition) is 0. The van der Waals surface area contributed by atoms with E-state index in [1.54, 1.807) is 33.4 Å². The van der Waals surface area contributed by atoms with Crippen LogP contribution in [-0.4, -0.2) is 42.0 Å². The van der Waals surface area contributed by atoms with Crippen LogP contribution < -0.4 is 5.19 Å². The van der Waals surface area contributed by atoms with Gasteiger partial charge in [-0.1, -0.05) is 69.8 Å². The molecule has 1 rings (SSSR count). The maximum absolute atomic E-state index is 5.13. The molecule has 0 unspecified atom stereocenters. The molecule has 0 N–H and O–H groups in total. The van der Waals surface area contributed by atoms with Crippen molar-refractivity contribution in [2.75, 3.05) is 28.2 Å². The second-order valence-corrected chi connectivity index (χ2v) is 11.5. The molecule has 0 fully saturated rings. The van der Waals surface area contributed by atoms with Gasteiger partial charge in [-0.15, -0.1) is 5.54 Å². The minimum atomic E-state index is -1.69. The molecule has 0 saturated carbocycles. The average molecular weight is 585 g/mol. The Balaban J connectivity index is -0.000000242. The molecule has 0 heterocycles. The monoisotopic (exact) mass is 584 g/mol. The van der Waals surface area contributed by atoms with Crippen LogP contribution in [-0.2, 0) is 0 Å². The molecule has 3 nitrogen and oxygen atoms in total. The fourth-order valence-corrected chi connectivity index (χ4v) is 7.03. The van der Waals surface area contributed by atoms with E-state index < -0.39 is 8.24 Å². The summed E-state index contributed by atoms with van der Waals surface area (Å²) < 4.78 is 0. The summed E-state index contributed by atoms with van der Waals surface area (Å²) in [6.07, 6.45) is 0. The molecule has 0 radical (unpaired) electrons. The largest absolute Gasteiger partial charge is 4.00 e. The molecule has 1 aromatic rings. The maximum atomic E-state index is 5.13. The first-order valence-electron chi connectivity index (χ1n) is 8.24. The molecule has 0 aromatic heterocycles. The van der Waals surface area contributed by atoms with Crippen LogP contribution in [0.25, 0.3) is 15.6 Å². The number of nitrogens with zero attached hydrogens (tertiary/aromatic N) is 3. The van der Waals surface area contributed by atoms with Gasteiger partial charge in [0.2, 0.25) is 0 Å². The van der Waals surface area contributed by atoms with Crippen LogP contribution in [0.1, 0.15) is 43.0 Å². The molecule has 0 aliphatic rings. The summed E-state index contributed by atoms with van der Waals surface area (Å²) >= 11 is 0. The smallest absolute Gasteiger partial charge is 0.668 e. The number of rotatable bonds is 2. The van der Waals surface area contributed by atoms with Gasteiger partial charge in [0.25, 0.3) is 0 Å². The third-order valence-corrected chi connectivity index (χ3v) is 6.87. The minimum Gasteiger partial charge on any atom is -0.668 e. The van der Waals surface area contributed by atoms with E-state index in [-0.39, 0.29) is 52.9 Å². The van der Waals surface area contributed by atoms with E-state index in [1.807, 2.05) is 0 Å². The summed E-state index contributed by atoms with van der Waals surface area (Å²) in [7, 11) is 5.31. The molecule has 0 amide bonds. The first kappa shape index (κ1) is 33.4. The second-order valence-electron chi connectivity index (χ2n) is 7.61. The predicted octanol–water partition coefficient (Wildman–Crippen LogP) is 5.91. The molecule has 0 bridgehead atoms. The van der Waals surface area contributed by atoms with Gasteiger partial charge in [-0.25, -0.2) is 5.56 Å². The van der Waals surface area contributed by atoms with Crippen LogP contribution in [0.3, 0.4) is 0 Å². The topological polar surface area (TPSA) is 42.3 Å². The second kappa shape index (κ2) is 14.8. The summed E-state index contributed by atoms with van der Waals surface area (Å²) in [5.74, 6) is 0. The Morgan fingerprint density at radius 1 is 0.840 bits per heavy atom. The fourth-order valence-electron chi connectivity index (χ4n) is 3.03. The van der Waals surface area contributed by atoms with Crippen LogP contribution in [0.5, 0.6) is 0 Å². The van der Waals surface area contributed by atoms with Gasteiger partial charge in [-0.3, -0.25) is 0 Å². The molecule has 0 saturated heterocycles. The Labute approximate surface area is 192 Å². The van der Waals surface area contributed by atoms with Gasteiger partial charge in [0.1, 0.15) is 0 Å². The summed E-state index contributed by atoms with van der Waals surface area (Å²) in [4.78, 5) is 5.13. The summed E-state index contributed by atoms with van der Waals surface area (Å²) in [5.41, 5.74) is 5.94. The van der Waals surface area contributed by atoms with Crippen LogP contribution in [0.15, 0.2) is 0 Å². The third-order valence-electron chi connectivity index (χ3n) is 3.66. The van der Waals surface area contributed by atoms with Crippen LogP contribution in [0.2, 0.25) is 13.1 Å². The molecule has 146 valence electrons. The molecule has 25 heavy (non-hydrogen) atoms. The fraction of sp³-hybridized carbons (Fsp3) is 0.700. The molecule has 0 aliphatic heterocycles. The van der Waals surface area contributed by atoms with E-state index in [4.69, 9.17) is 4.98 Å². The van der Waals surface area contributed by atoms with Gasteiger partial charge in [0.15, 0.2) is 0 Å². The zero-order valence-corrected chi connectivity index (χ0v) is 24.5. The Morgan fingerprint density at radius 3 is 1.36 bits per heavy atom. The van der Waals surface area contributed by atoms with E-state index in [1.165, 1.54) is 22.3 Å². The van der Waals surface area contributed by atoms with E-state index >= 15 is 0 Å². The van der Waals surface area contributed by atoms with Crippen molar-refractivity contribution in [2.24, 2.45) is 0 Å². The predicted molar refractivity (Wildman–Crippen MR) is 118 cm³/mol. The summed E-state index contributed by atoms with van der Waals surface area (Å²) in [5, 5.41) is 8.56. The maximum Gasteiger partial charge on any atom is 4.00 e. The summed E-state index contributed by atoms with van der Waals surface area (Å²) in [6.45, 7) is 20.3. The van der Waals surface area contributed by atoms with Gasteiger partial charge in [-0.2, -0.15) is 50.1 Å². The molecule has 5 heteroatoms. The SMILES string of the molecule is C[N-]C.C[N-]C.Cc1c(C)c([Si](C)(C)[N-]C(C)(C)C)[c-](C)c1C.[CH3-].[Th+4]. The molecule has 0 spiro atoms. The van der Waals surface area contributed by atoms with Gasteiger partial charge in [-0.05, 0) is 0 Å². The van der Waals surface area contributed by atoms with Crippen LogP contribution in [0, 0.1) is 75.1 Å². The molecule has 0 aliphatic carbocycles.